The topological polar surface area (TPSA) is 67.6 Å². The Kier molecular flexibility index (Phi) is 6.16. The molecule has 0 radical (unpaired) electrons. The number of unbranched alkanes of at least 4 members (excludes halogenated alkanes) is 2. The predicted molar refractivity (Wildman–Crippen MR) is 64.8 cm³/mol. The number of hydrogen-bond acceptors (Lipinski definition) is 2. The molecule has 0 aromatic heterocycles. The number of guanidine groups is 1. The normalized spacial score (nSPS) is 17.6. The average Bonchev–Trinajstić information content (AvgIpc) is 2.24. The zero-order valence-electron chi connectivity index (χ0n) is 9.62. The van der Waals surface area contributed by atoms with E-state index in [4.69, 9.17) is 11.5 Å². The number of nitrogens with two attached hydrogens (primary N) is 2. The van der Waals surface area contributed by atoms with Crippen molar-refractivity contribution in [3.05, 3.63) is 0 Å². The maximum absolute atomic E-state index is 5.24. The SMILES string of the molecule is NC(N)=NCCCCCN1CCCCC1. The summed E-state index contributed by atoms with van der Waals surface area (Å²) >= 11 is 0. The van der Waals surface area contributed by atoms with Gasteiger partial charge in [0.05, 0.1) is 0 Å². The van der Waals surface area contributed by atoms with Crippen molar-refractivity contribution >= 4 is 5.96 Å². The Bertz CT molecular complexity index is 181. The molecule has 0 bridgehead atoms. The van der Waals surface area contributed by atoms with E-state index in [1.807, 2.05) is 0 Å². The Morgan fingerprint density at radius 1 is 1.00 bits per heavy atom. The Hall–Kier alpha value is -0.770. The fourth-order valence-corrected chi connectivity index (χ4v) is 2.02. The summed E-state index contributed by atoms with van der Waals surface area (Å²) in [5, 5.41) is 0. The van der Waals surface area contributed by atoms with Crippen LogP contribution < -0.4 is 11.5 Å². The summed E-state index contributed by atoms with van der Waals surface area (Å²) in [5.74, 6) is 0.214. The molecular formula is C11H24N4. The van der Waals surface area contributed by atoms with Crippen molar-refractivity contribution in [1.82, 2.24) is 4.90 Å². The highest BCUT2D eigenvalue weighted by Gasteiger charge is 2.08. The van der Waals surface area contributed by atoms with Crippen LogP contribution in [0.3, 0.4) is 0 Å². The number of rotatable bonds is 6. The molecule has 0 atom stereocenters. The van der Waals surface area contributed by atoms with Crippen LogP contribution in [0.5, 0.6) is 0 Å². The first-order valence-electron chi connectivity index (χ1n) is 6.07. The molecule has 1 heterocycles. The molecule has 1 saturated heterocycles. The molecular weight excluding hydrogens is 188 g/mol. The molecule has 15 heavy (non-hydrogen) atoms. The largest absolute Gasteiger partial charge is 0.370 e. The van der Waals surface area contributed by atoms with Gasteiger partial charge >= 0.3 is 0 Å². The Labute approximate surface area is 92.7 Å². The molecule has 0 unspecified atom stereocenters. The highest BCUT2D eigenvalue weighted by atomic mass is 15.1. The summed E-state index contributed by atoms with van der Waals surface area (Å²) in [6.07, 6.45) is 7.79. The van der Waals surface area contributed by atoms with Crippen molar-refractivity contribution in [1.29, 1.82) is 0 Å². The van der Waals surface area contributed by atoms with Gasteiger partial charge in [0.15, 0.2) is 5.96 Å². The minimum absolute atomic E-state index is 0.214. The molecule has 0 amide bonds. The van der Waals surface area contributed by atoms with Gasteiger partial charge < -0.3 is 16.4 Å². The molecule has 4 heteroatoms. The number of nitrogens with zero attached hydrogens (tertiary/aromatic N) is 2. The quantitative estimate of drug-likeness (QED) is 0.391. The molecule has 0 aromatic carbocycles. The first-order chi connectivity index (χ1) is 7.29. The standard InChI is InChI=1S/C11H24N4/c12-11(13)14-7-3-1-4-8-15-9-5-2-6-10-15/h1-10H2,(H4,12,13,14). The number of hydrogen-bond donors (Lipinski definition) is 2. The molecule has 4 nitrogen and oxygen atoms in total. The highest BCUT2D eigenvalue weighted by Crippen LogP contribution is 2.09. The number of likely N-dealkylation sites (tertiary alicyclic amines) is 1. The fourth-order valence-electron chi connectivity index (χ4n) is 2.02. The van der Waals surface area contributed by atoms with Crippen LogP contribution in [0.4, 0.5) is 0 Å². The second kappa shape index (κ2) is 7.51. The molecule has 0 aromatic rings. The van der Waals surface area contributed by atoms with E-state index in [2.05, 4.69) is 9.89 Å². The van der Waals surface area contributed by atoms with Crippen LogP contribution >= 0.6 is 0 Å². The van der Waals surface area contributed by atoms with Crippen LogP contribution in [0, 0.1) is 0 Å². The third kappa shape index (κ3) is 6.33. The second-order valence-electron chi connectivity index (χ2n) is 4.27. The van der Waals surface area contributed by atoms with Gasteiger partial charge in [0.1, 0.15) is 0 Å². The lowest BCUT2D eigenvalue weighted by molar-refractivity contribution is 0.224. The van der Waals surface area contributed by atoms with E-state index in [9.17, 15) is 0 Å². The van der Waals surface area contributed by atoms with E-state index in [1.54, 1.807) is 0 Å². The van der Waals surface area contributed by atoms with Crippen molar-refractivity contribution in [3.63, 3.8) is 0 Å². The Morgan fingerprint density at radius 2 is 1.73 bits per heavy atom. The Balaban J connectivity index is 1.90. The van der Waals surface area contributed by atoms with Crippen molar-refractivity contribution in [2.75, 3.05) is 26.2 Å². The molecule has 1 aliphatic heterocycles. The minimum atomic E-state index is 0.214. The molecule has 0 saturated carbocycles. The lowest BCUT2D eigenvalue weighted by atomic mass is 10.1. The van der Waals surface area contributed by atoms with Gasteiger partial charge in [-0.2, -0.15) is 0 Å². The van der Waals surface area contributed by atoms with E-state index >= 15 is 0 Å². The molecule has 4 N–H and O–H groups in total. The zero-order valence-corrected chi connectivity index (χ0v) is 9.62. The minimum Gasteiger partial charge on any atom is -0.370 e. The average molecular weight is 212 g/mol. The molecule has 1 rings (SSSR count). The third-order valence-electron chi connectivity index (χ3n) is 2.88. The second-order valence-corrected chi connectivity index (χ2v) is 4.27. The van der Waals surface area contributed by atoms with Gasteiger partial charge in [0, 0.05) is 6.54 Å². The van der Waals surface area contributed by atoms with Crippen LogP contribution in [0.15, 0.2) is 4.99 Å². The van der Waals surface area contributed by atoms with Crippen molar-refractivity contribution in [3.8, 4) is 0 Å². The first-order valence-corrected chi connectivity index (χ1v) is 6.07. The van der Waals surface area contributed by atoms with Crippen LogP contribution in [-0.4, -0.2) is 37.0 Å². The van der Waals surface area contributed by atoms with Gasteiger partial charge in [-0.1, -0.05) is 12.8 Å². The van der Waals surface area contributed by atoms with Crippen LogP contribution in [0.2, 0.25) is 0 Å². The van der Waals surface area contributed by atoms with Gasteiger partial charge in [-0.3, -0.25) is 4.99 Å². The predicted octanol–water partition coefficient (Wildman–Crippen LogP) is 0.916. The van der Waals surface area contributed by atoms with Crippen LogP contribution in [-0.2, 0) is 0 Å². The molecule has 88 valence electrons. The lowest BCUT2D eigenvalue weighted by Gasteiger charge is -2.26. The van der Waals surface area contributed by atoms with Gasteiger partial charge in [0.25, 0.3) is 0 Å². The summed E-state index contributed by atoms with van der Waals surface area (Å²) in [6.45, 7) is 4.63. The monoisotopic (exact) mass is 212 g/mol. The summed E-state index contributed by atoms with van der Waals surface area (Å²) in [5.41, 5.74) is 10.5. The number of piperidine rings is 1. The summed E-state index contributed by atoms with van der Waals surface area (Å²) in [7, 11) is 0. The molecule has 1 aliphatic rings. The van der Waals surface area contributed by atoms with Crippen LogP contribution in [0.25, 0.3) is 0 Å². The van der Waals surface area contributed by atoms with E-state index in [0.717, 1.165) is 13.0 Å². The summed E-state index contributed by atoms with van der Waals surface area (Å²) in [4.78, 5) is 6.54. The maximum atomic E-state index is 5.24. The van der Waals surface area contributed by atoms with Crippen molar-refractivity contribution in [2.45, 2.75) is 38.5 Å². The van der Waals surface area contributed by atoms with Crippen molar-refractivity contribution < 1.29 is 0 Å². The zero-order chi connectivity index (χ0) is 10.9. The summed E-state index contributed by atoms with van der Waals surface area (Å²) < 4.78 is 0. The lowest BCUT2D eigenvalue weighted by Crippen LogP contribution is -2.30. The molecule has 1 fully saturated rings. The van der Waals surface area contributed by atoms with Crippen LogP contribution in [0.1, 0.15) is 38.5 Å². The van der Waals surface area contributed by atoms with E-state index in [1.165, 1.54) is 51.7 Å². The third-order valence-corrected chi connectivity index (χ3v) is 2.88. The fraction of sp³-hybridized carbons (Fsp3) is 0.909. The van der Waals surface area contributed by atoms with Gasteiger partial charge in [-0.05, 0) is 45.3 Å². The van der Waals surface area contributed by atoms with Gasteiger partial charge in [0.2, 0.25) is 0 Å². The molecule has 0 spiro atoms. The summed E-state index contributed by atoms with van der Waals surface area (Å²) in [6, 6.07) is 0. The van der Waals surface area contributed by atoms with E-state index in [-0.39, 0.29) is 5.96 Å². The van der Waals surface area contributed by atoms with E-state index < -0.39 is 0 Å². The first kappa shape index (κ1) is 12.3. The Morgan fingerprint density at radius 3 is 2.40 bits per heavy atom. The van der Waals surface area contributed by atoms with E-state index in [0.29, 0.717) is 0 Å². The van der Waals surface area contributed by atoms with Gasteiger partial charge in [-0.15, -0.1) is 0 Å². The number of aliphatic imine (C=N–C) groups is 1. The molecule has 0 aliphatic carbocycles. The van der Waals surface area contributed by atoms with Crippen molar-refractivity contribution in [2.24, 2.45) is 16.5 Å². The highest BCUT2D eigenvalue weighted by molar-refractivity contribution is 5.75. The van der Waals surface area contributed by atoms with Gasteiger partial charge in [-0.25, -0.2) is 0 Å². The maximum Gasteiger partial charge on any atom is 0.185 e. The smallest absolute Gasteiger partial charge is 0.185 e.